The molecule has 2 aromatic rings. The van der Waals surface area contributed by atoms with E-state index < -0.39 is 0 Å². The first-order valence-electron chi connectivity index (χ1n) is 7.24. The molecule has 1 aromatic heterocycles. The van der Waals surface area contributed by atoms with Crippen LogP contribution in [0.3, 0.4) is 0 Å². The molecule has 0 saturated carbocycles. The number of benzene rings is 1. The molecule has 1 aliphatic heterocycles. The standard InChI is InChI=1S/C17H19BrN2O/c1-21-17-7-4-13(10-20-17)15-8-9-19-11-16(15)12-2-5-14(18)6-3-12/h2-7,10,15-16,19H,8-9,11H2,1H3. The number of halogens is 1. The third-order valence-corrected chi connectivity index (χ3v) is 4.71. The summed E-state index contributed by atoms with van der Waals surface area (Å²) in [6, 6.07) is 12.8. The molecular formula is C17H19BrN2O. The zero-order valence-electron chi connectivity index (χ0n) is 12.1. The molecule has 0 spiro atoms. The maximum absolute atomic E-state index is 5.15. The lowest BCUT2D eigenvalue weighted by Gasteiger charge is -2.33. The van der Waals surface area contributed by atoms with Gasteiger partial charge in [-0.3, -0.25) is 0 Å². The van der Waals surface area contributed by atoms with E-state index in [1.165, 1.54) is 11.1 Å². The van der Waals surface area contributed by atoms with Crippen molar-refractivity contribution in [2.45, 2.75) is 18.3 Å². The van der Waals surface area contributed by atoms with Gasteiger partial charge in [0.1, 0.15) is 0 Å². The van der Waals surface area contributed by atoms with Crippen LogP contribution < -0.4 is 10.1 Å². The number of methoxy groups -OCH3 is 1. The fourth-order valence-corrected chi connectivity index (χ4v) is 3.31. The molecule has 1 saturated heterocycles. The molecule has 1 N–H and O–H groups in total. The molecule has 2 unspecified atom stereocenters. The van der Waals surface area contributed by atoms with Gasteiger partial charge in [0.2, 0.25) is 5.88 Å². The van der Waals surface area contributed by atoms with Gasteiger partial charge in [-0.25, -0.2) is 4.98 Å². The van der Waals surface area contributed by atoms with E-state index in [0.29, 0.717) is 17.7 Å². The zero-order chi connectivity index (χ0) is 14.7. The predicted molar refractivity (Wildman–Crippen MR) is 87.9 cm³/mol. The third-order valence-electron chi connectivity index (χ3n) is 4.18. The topological polar surface area (TPSA) is 34.1 Å². The number of pyridine rings is 1. The fourth-order valence-electron chi connectivity index (χ4n) is 3.05. The third kappa shape index (κ3) is 3.27. The highest BCUT2D eigenvalue weighted by molar-refractivity contribution is 9.10. The summed E-state index contributed by atoms with van der Waals surface area (Å²) >= 11 is 3.51. The van der Waals surface area contributed by atoms with Crippen molar-refractivity contribution in [2.24, 2.45) is 0 Å². The van der Waals surface area contributed by atoms with Gasteiger partial charge in [0.15, 0.2) is 0 Å². The summed E-state index contributed by atoms with van der Waals surface area (Å²) in [6.45, 7) is 2.07. The molecule has 2 heterocycles. The smallest absolute Gasteiger partial charge is 0.212 e. The summed E-state index contributed by atoms with van der Waals surface area (Å²) in [5.74, 6) is 1.67. The maximum atomic E-state index is 5.15. The molecule has 3 rings (SSSR count). The number of nitrogens with one attached hydrogen (secondary N) is 1. The van der Waals surface area contributed by atoms with E-state index in [-0.39, 0.29) is 0 Å². The Kier molecular flexibility index (Phi) is 4.56. The van der Waals surface area contributed by atoms with E-state index in [4.69, 9.17) is 4.74 Å². The van der Waals surface area contributed by atoms with Crippen molar-refractivity contribution in [3.63, 3.8) is 0 Å². The lowest BCUT2D eigenvalue weighted by atomic mass is 9.78. The number of hydrogen-bond donors (Lipinski definition) is 1. The summed E-state index contributed by atoms with van der Waals surface area (Å²) in [5, 5.41) is 3.51. The molecule has 0 bridgehead atoms. The first-order valence-corrected chi connectivity index (χ1v) is 8.03. The molecular weight excluding hydrogens is 328 g/mol. The summed E-state index contributed by atoms with van der Waals surface area (Å²) in [5.41, 5.74) is 2.68. The monoisotopic (exact) mass is 346 g/mol. The van der Waals surface area contributed by atoms with Gasteiger partial charge >= 0.3 is 0 Å². The van der Waals surface area contributed by atoms with Gasteiger partial charge in [-0.15, -0.1) is 0 Å². The second-order valence-electron chi connectivity index (χ2n) is 5.39. The van der Waals surface area contributed by atoms with Crippen LogP contribution in [0.4, 0.5) is 0 Å². The molecule has 1 fully saturated rings. The normalized spacial score (nSPS) is 22.0. The van der Waals surface area contributed by atoms with Crippen LogP contribution in [0.15, 0.2) is 47.1 Å². The van der Waals surface area contributed by atoms with Crippen molar-refractivity contribution in [3.8, 4) is 5.88 Å². The van der Waals surface area contributed by atoms with Crippen molar-refractivity contribution in [1.82, 2.24) is 10.3 Å². The van der Waals surface area contributed by atoms with E-state index in [1.54, 1.807) is 7.11 Å². The minimum absolute atomic E-state index is 0.488. The van der Waals surface area contributed by atoms with Crippen LogP contribution in [0.2, 0.25) is 0 Å². The Hall–Kier alpha value is -1.39. The number of nitrogens with zero attached hydrogens (tertiary/aromatic N) is 1. The van der Waals surface area contributed by atoms with Crippen LogP contribution >= 0.6 is 15.9 Å². The van der Waals surface area contributed by atoms with Gasteiger partial charge in [0.05, 0.1) is 7.11 Å². The molecule has 3 nitrogen and oxygen atoms in total. The Bertz CT molecular complexity index is 583. The van der Waals surface area contributed by atoms with E-state index in [1.807, 2.05) is 12.3 Å². The number of ether oxygens (including phenoxy) is 1. The first kappa shape index (κ1) is 14.5. The number of rotatable bonds is 3. The van der Waals surface area contributed by atoms with Gasteiger partial charge in [0, 0.05) is 29.2 Å². The Morgan fingerprint density at radius 1 is 1.10 bits per heavy atom. The van der Waals surface area contributed by atoms with Crippen LogP contribution in [0.25, 0.3) is 0 Å². The van der Waals surface area contributed by atoms with Gasteiger partial charge in [-0.1, -0.05) is 34.1 Å². The van der Waals surface area contributed by atoms with Crippen molar-refractivity contribution in [3.05, 3.63) is 58.2 Å². The molecule has 1 aromatic carbocycles. The van der Waals surface area contributed by atoms with Crippen LogP contribution in [-0.4, -0.2) is 25.2 Å². The second-order valence-corrected chi connectivity index (χ2v) is 6.31. The molecule has 0 amide bonds. The van der Waals surface area contributed by atoms with Gasteiger partial charge in [0.25, 0.3) is 0 Å². The summed E-state index contributed by atoms with van der Waals surface area (Å²) in [4.78, 5) is 4.36. The van der Waals surface area contributed by atoms with Crippen LogP contribution in [0.5, 0.6) is 5.88 Å². The van der Waals surface area contributed by atoms with Crippen LogP contribution in [0, 0.1) is 0 Å². The predicted octanol–water partition coefficient (Wildman–Crippen LogP) is 3.71. The number of aromatic nitrogens is 1. The van der Waals surface area contributed by atoms with Crippen molar-refractivity contribution in [1.29, 1.82) is 0 Å². The molecule has 0 aliphatic carbocycles. The van der Waals surface area contributed by atoms with Crippen LogP contribution in [-0.2, 0) is 0 Å². The fraction of sp³-hybridized carbons (Fsp3) is 0.353. The van der Waals surface area contributed by atoms with Crippen molar-refractivity contribution < 1.29 is 4.74 Å². The average molecular weight is 347 g/mol. The van der Waals surface area contributed by atoms with Crippen molar-refractivity contribution >= 4 is 15.9 Å². The highest BCUT2D eigenvalue weighted by Gasteiger charge is 2.27. The molecule has 1 aliphatic rings. The van der Waals surface area contributed by atoms with E-state index in [0.717, 1.165) is 24.0 Å². The molecule has 110 valence electrons. The summed E-state index contributed by atoms with van der Waals surface area (Å²) < 4.78 is 6.28. The first-order chi connectivity index (χ1) is 10.3. The minimum Gasteiger partial charge on any atom is -0.481 e. The molecule has 21 heavy (non-hydrogen) atoms. The Balaban J connectivity index is 1.88. The Morgan fingerprint density at radius 3 is 2.52 bits per heavy atom. The van der Waals surface area contributed by atoms with E-state index >= 15 is 0 Å². The van der Waals surface area contributed by atoms with Crippen molar-refractivity contribution in [2.75, 3.05) is 20.2 Å². The quantitative estimate of drug-likeness (QED) is 0.919. The lowest BCUT2D eigenvalue weighted by Crippen LogP contribution is -2.34. The van der Waals surface area contributed by atoms with Gasteiger partial charge < -0.3 is 10.1 Å². The maximum Gasteiger partial charge on any atom is 0.212 e. The van der Waals surface area contributed by atoms with Crippen LogP contribution in [0.1, 0.15) is 29.4 Å². The molecule has 4 heteroatoms. The second kappa shape index (κ2) is 6.58. The Labute approximate surface area is 133 Å². The number of piperidine rings is 1. The highest BCUT2D eigenvalue weighted by atomic mass is 79.9. The largest absolute Gasteiger partial charge is 0.481 e. The molecule has 2 atom stereocenters. The summed E-state index contributed by atoms with van der Waals surface area (Å²) in [7, 11) is 1.65. The average Bonchev–Trinajstić information content (AvgIpc) is 2.56. The zero-order valence-corrected chi connectivity index (χ0v) is 13.6. The minimum atomic E-state index is 0.488. The van der Waals surface area contributed by atoms with E-state index in [9.17, 15) is 0 Å². The Morgan fingerprint density at radius 2 is 1.86 bits per heavy atom. The lowest BCUT2D eigenvalue weighted by molar-refractivity contribution is 0.390. The SMILES string of the molecule is COc1ccc(C2CCNCC2c2ccc(Br)cc2)cn1. The van der Waals surface area contributed by atoms with E-state index in [2.05, 4.69) is 56.6 Å². The number of hydrogen-bond acceptors (Lipinski definition) is 3. The van der Waals surface area contributed by atoms with Gasteiger partial charge in [-0.2, -0.15) is 0 Å². The van der Waals surface area contributed by atoms with Gasteiger partial charge in [-0.05, 0) is 42.1 Å². The molecule has 0 radical (unpaired) electrons. The summed E-state index contributed by atoms with van der Waals surface area (Å²) in [6.07, 6.45) is 3.09. The highest BCUT2D eigenvalue weighted by Crippen LogP contribution is 2.37.